The van der Waals surface area contributed by atoms with E-state index >= 15 is 0 Å². The smallest absolute Gasteiger partial charge is 0.352 e. The van der Waals surface area contributed by atoms with Crippen molar-refractivity contribution in [2.45, 2.75) is 0 Å². The number of rotatable bonds is 5. The number of ether oxygens (including phenoxy) is 1. The molecule has 1 fully saturated rings. The molecular weight excluding hydrogens is 252 g/mol. The largest absolute Gasteiger partial charge is 0.379 e. The van der Waals surface area contributed by atoms with Crippen LogP contribution in [0.25, 0.3) is 0 Å². The zero-order valence-corrected chi connectivity index (χ0v) is 10.4. The van der Waals surface area contributed by atoms with Crippen molar-refractivity contribution in [3.63, 3.8) is 0 Å². The Bertz CT molecular complexity index is 449. The van der Waals surface area contributed by atoms with Gasteiger partial charge in [-0.25, -0.2) is 9.97 Å². The van der Waals surface area contributed by atoms with Gasteiger partial charge in [-0.1, -0.05) is 0 Å². The average Bonchev–Trinajstić information content (AvgIpc) is 2.39. The molecule has 9 nitrogen and oxygen atoms in total. The van der Waals surface area contributed by atoms with E-state index in [1.165, 1.54) is 6.33 Å². The van der Waals surface area contributed by atoms with Crippen molar-refractivity contribution in [1.29, 1.82) is 0 Å². The van der Waals surface area contributed by atoms with Crippen LogP contribution in [0.2, 0.25) is 0 Å². The second-order valence-electron chi connectivity index (χ2n) is 4.09. The summed E-state index contributed by atoms with van der Waals surface area (Å²) in [5.41, 5.74) is 5.20. The van der Waals surface area contributed by atoms with Crippen LogP contribution in [0.5, 0.6) is 0 Å². The molecule has 0 atom stereocenters. The molecule has 9 heteroatoms. The van der Waals surface area contributed by atoms with E-state index in [1.807, 2.05) is 0 Å². The first-order valence-corrected chi connectivity index (χ1v) is 5.97. The van der Waals surface area contributed by atoms with Gasteiger partial charge in [0.1, 0.15) is 6.33 Å². The molecule has 0 aliphatic carbocycles. The summed E-state index contributed by atoms with van der Waals surface area (Å²) in [5.74, 6) is 0.0274. The highest BCUT2D eigenvalue weighted by Gasteiger charge is 2.20. The normalized spacial score (nSPS) is 16.2. The third-order valence-corrected chi connectivity index (χ3v) is 2.86. The van der Waals surface area contributed by atoms with Crippen LogP contribution in [0.1, 0.15) is 0 Å². The summed E-state index contributed by atoms with van der Waals surface area (Å²) < 4.78 is 5.24. The molecule has 104 valence electrons. The Balaban J connectivity index is 1.92. The van der Waals surface area contributed by atoms with Crippen LogP contribution >= 0.6 is 0 Å². The van der Waals surface area contributed by atoms with E-state index in [2.05, 4.69) is 20.2 Å². The van der Waals surface area contributed by atoms with E-state index in [1.54, 1.807) is 0 Å². The van der Waals surface area contributed by atoms with Gasteiger partial charge in [0.25, 0.3) is 0 Å². The van der Waals surface area contributed by atoms with Crippen LogP contribution in [0.3, 0.4) is 0 Å². The lowest BCUT2D eigenvalue weighted by atomic mass is 10.4. The summed E-state index contributed by atoms with van der Waals surface area (Å²) in [7, 11) is 0. The Morgan fingerprint density at radius 3 is 2.89 bits per heavy atom. The molecular formula is C10H16N6O3. The number of morpholine rings is 1. The second-order valence-corrected chi connectivity index (χ2v) is 4.09. The van der Waals surface area contributed by atoms with Gasteiger partial charge in [-0.3, -0.25) is 15.0 Å². The predicted octanol–water partition coefficient (Wildman–Crippen LogP) is -0.289. The summed E-state index contributed by atoms with van der Waals surface area (Å²) >= 11 is 0. The zero-order chi connectivity index (χ0) is 13.7. The summed E-state index contributed by atoms with van der Waals surface area (Å²) in [4.78, 5) is 20.0. The van der Waals surface area contributed by atoms with E-state index in [9.17, 15) is 10.1 Å². The molecule has 0 amide bonds. The SMILES string of the molecule is Nc1ncnc(NCCN2CCOCC2)c1[N+](=O)[O-]. The van der Waals surface area contributed by atoms with Gasteiger partial charge in [0.15, 0.2) is 0 Å². The lowest BCUT2D eigenvalue weighted by Crippen LogP contribution is -2.39. The highest BCUT2D eigenvalue weighted by molar-refractivity contribution is 5.67. The van der Waals surface area contributed by atoms with Gasteiger partial charge < -0.3 is 15.8 Å². The molecule has 0 saturated carbocycles. The molecule has 0 radical (unpaired) electrons. The standard InChI is InChI=1S/C10H16N6O3/c11-9-8(16(17)18)10(14-7-13-9)12-1-2-15-3-5-19-6-4-15/h7H,1-6H2,(H3,11,12,13,14). The number of nitro groups is 1. The molecule has 3 N–H and O–H groups in total. The number of nitrogens with zero attached hydrogens (tertiary/aromatic N) is 4. The van der Waals surface area contributed by atoms with Crippen molar-refractivity contribution >= 4 is 17.3 Å². The molecule has 0 aromatic carbocycles. The molecule has 0 unspecified atom stereocenters. The average molecular weight is 268 g/mol. The monoisotopic (exact) mass is 268 g/mol. The van der Waals surface area contributed by atoms with Crippen LogP contribution in [-0.4, -0.2) is 59.2 Å². The Kier molecular flexibility index (Phi) is 4.42. The van der Waals surface area contributed by atoms with Crippen molar-refractivity contribution in [3.8, 4) is 0 Å². The number of nitrogen functional groups attached to an aromatic ring is 1. The minimum atomic E-state index is -0.577. The van der Waals surface area contributed by atoms with Gasteiger partial charge in [0.05, 0.1) is 18.1 Å². The highest BCUT2D eigenvalue weighted by Crippen LogP contribution is 2.25. The molecule has 0 spiro atoms. The van der Waals surface area contributed by atoms with Gasteiger partial charge in [0.2, 0.25) is 11.6 Å². The van der Waals surface area contributed by atoms with Crippen LogP contribution in [0.4, 0.5) is 17.3 Å². The Labute approximate surface area is 109 Å². The van der Waals surface area contributed by atoms with E-state index in [0.717, 1.165) is 32.8 Å². The number of aromatic nitrogens is 2. The fourth-order valence-corrected chi connectivity index (χ4v) is 1.86. The number of nitrogens with one attached hydrogen (secondary N) is 1. The van der Waals surface area contributed by atoms with Crippen LogP contribution in [0.15, 0.2) is 6.33 Å². The molecule has 19 heavy (non-hydrogen) atoms. The Hall–Kier alpha value is -2.00. The lowest BCUT2D eigenvalue weighted by molar-refractivity contribution is -0.383. The fraction of sp³-hybridized carbons (Fsp3) is 0.600. The van der Waals surface area contributed by atoms with E-state index < -0.39 is 4.92 Å². The number of anilines is 2. The molecule has 1 aliphatic heterocycles. The van der Waals surface area contributed by atoms with Crippen molar-refractivity contribution < 1.29 is 9.66 Å². The molecule has 1 aromatic rings. The maximum atomic E-state index is 10.9. The summed E-state index contributed by atoms with van der Waals surface area (Å²) in [6.07, 6.45) is 1.21. The third-order valence-electron chi connectivity index (χ3n) is 2.86. The van der Waals surface area contributed by atoms with Crippen molar-refractivity contribution in [2.24, 2.45) is 0 Å². The molecule has 2 heterocycles. The first kappa shape index (κ1) is 13.4. The Morgan fingerprint density at radius 2 is 2.21 bits per heavy atom. The third kappa shape index (κ3) is 3.48. The fourth-order valence-electron chi connectivity index (χ4n) is 1.86. The molecule has 1 aromatic heterocycles. The predicted molar refractivity (Wildman–Crippen MR) is 68.8 cm³/mol. The minimum Gasteiger partial charge on any atom is -0.379 e. The highest BCUT2D eigenvalue weighted by atomic mass is 16.6. The van der Waals surface area contributed by atoms with Crippen molar-refractivity contribution in [3.05, 3.63) is 16.4 Å². The zero-order valence-electron chi connectivity index (χ0n) is 10.4. The van der Waals surface area contributed by atoms with Gasteiger partial charge in [-0.2, -0.15) is 0 Å². The molecule has 2 rings (SSSR count). The second kappa shape index (κ2) is 6.25. The summed E-state index contributed by atoms with van der Waals surface area (Å²) in [5, 5.41) is 13.8. The number of nitrogens with two attached hydrogens (primary N) is 1. The maximum Gasteiger partial charge on any atom is 0.352 e. The summed E-state index contributed by atoms with van der Waals surface area (Å²) in [6, 6.07) is 0. The van der Waals surface area contributed by atoms with Gasteiger partial charge in [-0.15, -0.1) is 0 Å². The van der Waals surface area contributed by atoms with Gasteiger partial charge >= 0.3 is 5.69 Å². The van der Waals surface area contributed by atoms with Crippen molar-refractivity contribution in [2.75, 3.05) is 50.4 Å². The molecule has 0 bridgehead atoms. The molecule has 1 aliphatic rings. The maximum absolute atomic E-state index is 10.9. The quantitative estimate of drug-likeness (QED) is 0.552. The van der Waals surface area contributed by atoms with Gasteiger partial charge in [-0.05, 0) is 0 Å². The summed E-state index contributed by atoms with van der Waals surface area (Å²) in [6.45, 7) is 4.51. The van der Waals surface area contributed by atoms with E-state index in [0.29, 0.717) is 6.54 Å². The Morgan fingerprint density at radius 1 is 1.47 bits per heavy atom. The van der Waals surface area contributed by atoms with E-state index in [4.69, 9.17) is 10.5 Å². The van der Waals surface area contributed by atoms with Crippen LogP contribution < -0.4 is 11.1 Å². The van der Waals surface area contributed by atoms with Crippen LogP contribution in [0, 0.1) is 10.1 Å². The minimum absolute atomic E-state index is 0.131. The number of hydrogen-bond donors (Lipinski definition) is 2. The topological polar surface area (TPSA) is 119 Å². The first-order chi connectivity index (χ1) is 9.18. The van der Waals surface area contributed by atoms with Gasteiger partial charge in [0, 0.05) is 26.2 Å². The van der Waals surface area contributed by atoms with Crippen molar-refractivity contribution in [1.82, 2.24) is 14.9 Å². The van der Waals surface area contributed by atoms with E-state index in [-0.39, 0.29) is 17.3 Å². The first-order valence-electron chi connectivity index (χ1n) is 5.97. The van der Waals surface area contributed by atoms with Crippen LogP contribution in [-0.2, 0) is 4.74 Å². The molecule has 1 saturated heterocycles. The lowest BCUT2D eigenvalue weighted by Gasteiger charge is -2.26. The number of hydrogen-bond acceptors (Lipinski definition) is 8.